The predicted molar refractivity (Wildman–Crippen MR) is 95.3 cm³/mol. The van der Waals surface area contributed by atoms with E-state index in [1.54, 1.807) is 14.0 Å². The highest BCUT2D eigenvalue weighted by atomic mass is 16.5. The van der Waals surface area contributed by atoms with Crippen LogP contribution in [-0.4, -0.2) is 49.5 Å². The molecule has 1 aromatic carbocycles. The van der Waals surface area contributed by atoms with Crippen molar-refractivity contribution in [2.24, 2.45) is 0 Å². The van der Waals surface area contributed by atoms with Gasteiger partial charge in [-0.05, 0) is 43.4 Å². The van der Waals surface area contributed by atoms with Gasteiger partial charge in [0, 0.05) is 26.1 Å². The summed E-state index contributed by atoms with van der Waals surface area (Å²) in [6.45, 7) is 3.56. The molecule has 6 nitrogen and oxygen atoms in total. The first-order valence-corrected chi connectivity index (χ1v) is 8.96. The summed E-state index contributed by atoms with van der Waals surface area (Å²) in [6.07, 6.45) is 3.79. The Balaban J connectivity index is 1.65. The molecule has 3 rings (SSSR count). The number of carbonyl (C=O) groups excluding carboxylic acids is 2. The summed E-state index contributed by atoms with van der Waals surface area (Å²) in [6, 6.07) is 8.28. The fourth-order valence-corrected chi connectivity index (χ4v) is 3.53. The Morgan fingerprint density at radius 1 is 1.20 bits per heavy atom. The highest BCUT2D eigenvalue weighted by molar-refractivity contribution is 5.78. The number of hydrogen-bond donors (Lipinski definition) is 2. The molecule has 2 amide bonds. The second-order valence-electron chi connectivity index (χ2n) is 7.11. The molecule has 0 atom stereocenters. The number of piperidine rings is 1. The van der Waals surface area contributed by atoms with Crippen molar-refractivity contribution in [3.8, 4) is 5.75 Å². The predicted octanol–water partition coefficient (Wildman–Crippen LogP) is 1.40. The molecule has 0 spiro atoms. The van der Waals surface area contributed by atoms with E-state index >= 15 is 0 Å². The van der Waals surface area contributed by atoms with Crippen molar-refractivity contribution < 1.29 is 14.3 Å². The molecule has 1 saturated carbocycles. The third-order valence-electron chi connectivity index (χ3n) is 5.08. The Morgan fingerprint density at radius 3 is 2.36 bits per heavy atom. The molecule has 1 aromatic rings. The fraction of sp³-hybridized carbons (Fsp3) is 0.579. The number of nitrogens with zero attached hydrogens (tertiary/aromatic N) is 1. The molecular formula is C19H27N3O3. The van der Waals surface area contributed by atoms with Crippen molar-refractivity contribution in [1.82, 2.24) is 15.5 Å². The van der Waals surface area contributed by atoms with Crippen molar-refractivity contribution in [1.29, 1.82) is 0 Å². The van der Waals surface area contributed by atoms with Gasteiger partial charge in [-0.1, -0.05) is 12.1 Å². The molecule has 25 heavy (non-hydrogen) atoms. The van der Waals surface area contributed by atoms with Crippen LogP contribution in [0.2, 0.25) is 0 Å². The van der Waals surface area contributed by atoms with Crippen LogP contribution in [0.15, 0.2) is 24.3 Å². The number of methoxy groups -OCH3 is 1. The van der Waals surface area contributed by atoms with Gasteiger partial charge in [0.15, 0.2) is 0 Å². The molecule has 1 aliphatic carbocycles. The number of ether oxygens (including phenoxy) is 1. The van der Waals surface area contributed by atoms with E-state index in [1.165, 1.54) is 0 Å². The molecule has 0 aromatic heterocycles. The first kappa shape index (κ1) is 17.7. The lowest BCUT2D eigenvalue weighted by molar-refractivity contribution is -0.124. The molecular weight excluding hydrogens is 318 g/mol. The number of nitrogens with one attached hydrogen (secondary N) is 2. The van der Waals surface area contributed by atoms with Crippen LogP contribution in [0.4, 0.5) is 0 Å². The number of benzene rings is 1. The molecule has 2 N–H and O–H groups in total. The number of likely N-dealkylation sites (tertiary alicyclic amines) is 1. The zero-order valence-corrected chi connectivity index (χ0v) is 15.0. The summed E-state index contributed by atoms with van der Waals surface area (Å²) < 4.78 is 5.23. The van der Waals surface area contributed by atoms with Crippen molar-refractivity contribution in [2.45, 2.75) is 44.2 Å². The van der Waals surface area contributed by atoms with Crippen molar-refractivity contribution in [3.05, 3.63) is 29.8 Å². The minimum atomic E-state index is -0.373. The largest absolute Gasteiger partial charge is 0.497 e. The molecule has 2 fully saturated rings. The Bertz CT molecular complexity index is 617. The normalized spacial score (nSPS) is 19.9. The maximum atomic E-state index is 12.0. The lowest BCUT2D eigenvalue weighted by Gasteiger charge is -2.42. The number of amides is 2. The van der Waals surface area contributed by atoms with Gasteiger partial charge in [0.2, 0.25) is 11.8 Å². The molecule has 0 radical (unpaired) electrons. The van der Waals surface area contributed by atoms with Crippen LogP contribution in [0, 0.1) is 0 Å². The van der Waals surface area contributed by atoms with Gasteiger partial charge in [-0.25, -0.2) is 0 Å². The van der Waals surface area contributed by atoms with E-state index < -0.39 is 0 Å². The standard InChI is InChI=1S/C19H27N3O3/c1-14(23)21-19(15-3-7-17(25-2)8-4-15)9-11-22(12-10-19)13-18(24)20-16-5-6-16/h3-4,7-8,16H,5-6,9-13H2,1-2H3,(H,20,24)(H,21,23). The second kappa shape index (κ2) is 7.44. The van der Waals surface area contributed by atoms with Crippen LogP contribution in [0.25, 0.3) is 0 Å². The molecule has 1 aliphatic heterocycles. The average molecular weight is 345 g/mol. The van der Waals surface area contributed by atoms with E-state index in [4.69, 9.17) is 4.74 Å². The lowest BCUT2D eigenvalue weighted by Crippen LogP contribution is -2.53. The maximum Gasteiger partial charge on any atom is 0.234 e. The topological polar surface area (TPSA) is 70.7 Å². The quantitative estimate of drug-likeness (QED) is 0.818. The summed E-state index contributed by atoms with van der Waals surface area (Å²) in [4.78, 5) is 26.0. The van der Waals surface area contributed by atoms with Gasteiger partial charge < -0.3 is 15.4 Å². The minimum absolute atomic E-state index is 0.0317. The Morgan fingerprint density at radius 2 is 1.84 bits per heavy atom. The lowest BCUT2D eigenvalue weighted by atomic mass is 9.80. The number of rotatable bonds is 6. The number of carbonyl (C=O) groups is 2. The van der Waals surface area contributed by atoms with Crippen molar-refractivity contribution >= 4 is 11.8 Å². The minimum Gasteiger partial charge on any atom is -0.497 e. The maximum absolute atomic E-state index is 12.0. The Kier molecular flexibility index (Phi) is 5.27. The molecule has 0 bridgehead atoms. The fourth-order valence-electron chi connectivity index (χ4n) is 3.53. The molecule has 1 heterocycles. The molecule has 6 heteroatoms. The van der Waals surface area contributed by atoms with E-state index in [9.17, 15) is 9.59 Å². The molecule has 136 valence electrons. The van der Waals surface area contributed by atoms with Crippen LogP contribution in [0.5, 0.6) is 5.75 Å². The number of hydrogen-bond acceptors (Lipinski definition) is 4. The summed E-state index contributed by atoms with van der Waals surface area (Å²) in [7, 11) is 1.64. The molecule has 1 saturated heterocycles. The van der Waals surface area contributed by atoms with Gasteiger partial charge in [0.05, 0.1) is 19.2 Å². The van der Waals surface area contributed by atoms with E-state index in [1.807, 2.05) is 24.3 Å². The van der Waals surface area contributed by atoms with Gasteiger partial charge in [-0.3, -0.25) is 14.5 Å². The summed E-state index contributed by atoms with van der Waals surface area (Å²) >= 11 is 0. The van der Waals surface area contributed by atoms with Crippen molar-refractivity contribution in [3.63, 3.8) is 0 Å². The smallest absolute Gasteiger partial charge is 0.234 e. The summed E-state index contributed by atoms with van der Waals surface area (Å²) in [5.41, 5.74) is 0.715. The SMILES string of the molecule is COc1ccc(C2(NC(C)=O)CCN(CC(=O)NC3CC3)CC2)cc1. The Hall–Kier alpha value is -2.08. The van der Waals surface area contributed by atoms with Gasteiger partial charge in [-0.2, -0.15) is 0 Å². The van der Waals surface area contributed by atoms with E-state index in [0.29, 0.717) is 12.6 Å². The average Bonchev–Trinajstić information content (AvgIpc) is 3.40. The van der Waals surface area contributed by atoms with E-state index in [-0.39, 0.29) is 17.4 Å². The Labute approximate surface area is 148 Å². The van der Waals surface area contributed by atoms with Crippen LogP contribution in [0.1, 0.15) is 38.2 Å². The zero-order valence-electron chi connectivity index (χ0n) is 15.0. The molecule has 2 aliphatic rings. The van der Waals surface area contributed by atoms with Gasteiger partial charge in [0.25, 0.3) is 0 Å². The van der Waals surface area contributed by atoms with Crippen LogP contribution in [0.3, 0.4) is 0 Å². The third kappa shape index (κ3) is 4.51. The van der Waals surface area contributed by atoms with Crippen LogP contribution >= 0.6 is 0 Å². The van der Waals surface area contributed by atoms with Gasteiger partial charge in [0.1, 0.15) is 5.75 Å². The highest BCUT2D eigenvalue weighted by Crippen LogP contribution is 2.34. The molecule has 0 unspecified atom stereocenters. The van der Waals surface area contributed by atoms with Gasteiger partial charge >= 0.3 is 0 Å². The monoisotopic (exact) mass is 345 g/mol. The first-order valence-electron chi connectivity index (χ1n) is 8.96. The summed E-state index contributed by atoms with van der Waals surface area (Å²) in [5, 5.41) is 6.19. The third-order valence-corrected chi connectivity index (χ3v) is 5.08. The first-order chi connectivity index (χ1) is 12.0. The van der Waals surface area contributed by atoms with E-state index in [2.05, 4.69) is 15.5 Å². The second-order valence-corrected chi connectivity index (χ2v) is 7.11. The van der Waals surface area contributed by atoms with E-state index in [0.717, 1.165) is 50.1 Å². The summed E-state index contributed by atoms with van der Waals surface area (Å²) in [5.74, 6) is 0.880. The van der Waals surface area contributed by atoms with Crippen LogP contribution < -0.4 is 15.4 Å². The zero-order chi connectivity index (χ0) is 17.9. The highest BCUT2D eigenvalue weighted by Gasteiger charge is 2.37. The van der Waals surface area contributed by atoms with Gasteiger partial charge in [-0.15, -0.1) is 0 Å². The van der Waals surface area contributed by atoms with Crippen LogP contribution in [-0.2, 0) is 15.1 Å². The van der Waals surface area contributed by atoms with Crippen molar-refractivity contribution in [2.75, 3.05) is 26.7 Å².